The number of carbonyl (C=O) groups is 3. The van der Waals surface area contributed by atoms with Crippen LogP contribution in [0.2, 0.25) is 0 Å². The second kappa shape index (κ2) is 6.51. The molecule has 3 aliphatic rings. The molecule has 0 fully saturated rings. The van der Waals surface area contributed by atoms with Crippen molar-refractivity contribution in [2.75, 3.05) is 0 Å². The molecule has 130 valence electrons. The van der Waals surface area contributed by atoms with Crippen molar-refractivity contribution in [2.24, 2.45) is 11.8 Å². The van der Waals surface area contributed by atoms with Gasteiger partial charge < -0.3 is 14.6 Å². The minimum absolute atomic E-state index is 0.0225. The first-order valence-electron chi connectivity index (χ1n) is 8.58. The molecule has 3 rings (SSSR count). The lowest BCUT2D eigenvalue weighted by molar-refractivity contribution is -0.153. The molecule has 0 amide bonds. The lowest BCUT2D eigenvalue weighted by Gasteiger charge is -2.26. The summed E-state index contributed by atoms with van der Waals surface area (Å²) in [5.41, 5.74) is 1.93. The van der Waals surface area contributed by atoms with Crippen molar-refractivity contribution in [1.29, 1.82) is 0 Å². The van der Waals surface area contributed by atoms with Crippen LogP contribution in [0.3, 0.4) is 0 Å². The van der Waals surface area contributed by atoms with E-state index in [4.69, 9.17) is 9.47 Å². The highest BCUT2D eigenvalue weighted by atomic mass is 16.6. The summed E-state index contributed by atoms with van der Waals surface area (Å²) in [4.78, 5) is 36.4. The zero-order valence-electron chi connectivity index (χ0n) is 14.0. The topological polar surface area (TPSA) is 89.9 Å². The summed E-state index contributed by atoms with van der Waals surface area (Å²) in [7, 11) is 0. The van der Waals surface area contributed by atoms with Crippen LogP contribution in [-0.2, 0) is 23.9 Å². The smallest absolute Gasteiger partial charge is 0.342 e. The minimum atomic E-state index is -1.25. The van der Waals surface area contributed by atoms with E-state index in [0.717, 1.165) is 19.3 Å². The van der Waals surface area contributed by atoms with Crippen LogP contribution in [0, 0.1) is 11.8 Å². The molecule has 0 saturated heterocycles. The molecule has 0 spiro atoms. The molecule has 0 aromatic carbocycles. The van der Waals surface area contributed by atoms with Gasteiger partial charge in [-0.1, -0.05) is 26.7 Å². The van der Waals surface area contributed by atoms with Crippen LogP contribution < -0.4 is 0 Å². The number of rotatable bonds is 3. The Hall–Kier alpha value is -1.95. The number of hydrogen-bond donors (Lipinski definition) is 1. The van der Waals surface area contributed by atoms with E-state index >= 15 is 0 Å². The molecule has 1 aliphatic carbocycles. The molecule has 2 heterocycles. The summed E-state index contributed by atoms with van der Waals surface area (Å²) in [6.07, 6.45) is 2.17. The maximum atomic E-state index is 12.3. The molecule has 0 bridgehead atoms. The van der Waals surface area contributed by atoms with Gasteiger partial charge in [0, 0.05) is 16.7 Å². The van der Waals surface area contributed by atoms with Crippen LogP contribution in [0.5, 0.6) is 0 Å². The second-order valence-electron chi connectivity index (χ2n) is 6.60. The molecule has 0 aromatic rings. The first-order valence-corrected chi connectivity index (χ1v) is 8.58. The Labute approximate surface area is 140 Å². The standard InChI is InChI=1S/C18H22O6/c1-3-5-10-9(4-2)8-13-11(15(19)23-17(13)21)6-7-12-14(10)18(22)24-16(12)20/h9-10,15,19H,3-8H2,1-2H3/t9-,10-,15+/m1/s1. The van der Waals surface area contributed by atoms with Gasteiger partial charge in [0.05, 0.1) is 5.57 Å². The van der Waals surface area contributed by atoms with Crippen LogP contribution in [0.4, 0.5) is 0 Å². The van der Waals surface area contributed by atoms with Crippen molar-refractivity contribution >= 4 is 17.9 Å². The third-order valence-corrected chi connectivity index (χ3v) is 5.30. The van der Waals surface area contributed by atoms with Crippen LogP contribution in [-0.4, -0.2) is 29.3 Å². The molecular weight excluding hydrogens is 312 g/mol. The highest BCUT2D eigenvalue weighted by molar-refractivity contribution is 6.12. The van der Waals surface area contributed by atoms with E-state index in [1.807, 2.05) is 13.8 Å². The van der Waals surface area contributed by atoms with Gasteiger partial charge in [0.1, 0.15) is 0 Å². The van der Waals surface area contributed by atoms with Crippen LogP contribution in [0.15, 0.2) is 22.3 Å². The number of aliphatic hydroxyl groups excluding tert-OH is 1. The van der Waals surface area contributed by atoms with Gasteiger partial charge in [0.15, 0.2) is 0 Å². The highest BCUT2D eigenvalue weighted by Gasteiger charge is 2.43. The van der Waals surface area contributed by atoms with Crippen LogP contribution in [0.1, 0.15) is 52.4 Å². The number of aliphatic hydroxyl groups is 1. The predicted molar refractivity (Wildman–Crippen MR) is 83.3 cm³/mol. The maximum Gasteiger partial charge on any atom is 0.342 e. The van der Waals surface area contributed by atoms with Gasteiger partial charge >= 0.3 is 17.9 Å². The Morgan fingerprint density at radius 2 is 1.79 bits per heavy atom. The molecule has 2 aliphatic heterocycles. The van der Waals surface area contributed by atoms with Crippen molar-refractivity contribution in [3.8, 4) is 0 Å². The molecule has 1 N–H and O–H groups in total. The third kappa shape index (κ3) is 2.69. The Kier molecular flexibility index (Phi) is 4.58. The maximum absolute atomic E-state index is 12.3. The molecule has 6 heteroatoms. The lowest BCUT2D eigenvalue weighted by atomic mass is 9.76. The van der Waals surface area contributed by atoms with E-state index in [0.29, 0.717) is 35.1 Å². The second-order valence-corrected chi connectivity index (χ2v) is 6.60. The Morgan fingerprint density at radius 1 is 1.04 bits per heavy atom. The normalized spacial score (nSPS) is 30.5. The molecule has 0 saturated carbocycles. The fraction of sp³-hybridized carbons (Fsp3) is 0.611. The molecule has 0 aromatic heterocycles. The summed E-state index contributed by atoms with van der Waals surface area (Å²) < 4.78 is 9.81. The zero-order chi connectivity index (χ0) is 17.4. The van der Waals surface area contributed by atoms with Gasteiger partial charge in [-0.05, 0) is 37.5 Å². The molecule has 6 nitrogen and oxygen atoms in total. The fourth-order valence-electron chi connectivity index (χ4n) is 4.08. The van der Waals surface area contributed by atoms with Gasteiger partial charge in [-0.15, -0.1) is 0 Å². The molecule has 24 heavy (non-hydrogen) atoms. The van der Waals surface area contributed by atoms with Crippen molar-refractivity contribution in [1.82, 2.24) is 0 Å². The predicted octanol–water partition coefficient (Wildman–Crippen LogP) is 2.16. The van der Waals surface area contributed by atoms with Gasteiger partial charge in [0.25, 0.3) is 0 Å². The number of ether oxygens (including phenoxy) is 2. The minimum Gasteiger partial charge on any atom is -0.428 e. The Morgan fingerprint density at radius 3 is 2.46 bits per heavy atom. The van der Waals surface area contributed by atoms with E-state index in [1.165, 1.54) is 0 Å². The van der Waals surface area contributed by atoms with Crippen molar-refractivity contribution in [3.63, 3.8) is 0 Å². The number of carbonyl (C=O) groups excluding carboxylic acids is 3. The van der Waals surface area contributed by atoms with Crippen LogP contribution in [0.25, 0.3) is 0 Å². The summed E-state index contributed by atoms with van der Waals surface area (Å²) in [6, 6.07) is 0. The van der Waals surface area contributed by atoms with Gasteiger partial charge in [-0.25, -0.2) is 14.4 Å². The third-order valence-electron chi connectivity index (χ3n) is 5.30. The monoisotopic (exact) mass is 334 g/mol. The van der Waals surface area contributed by atoms with Gasteiger partial charge in [-0.2, -0.15) is 0 Å². The van der Waals surface area contributed by atoms with Gasteiger partial charge in [0.2, 0.25) is 6.29 Å². The molecule has 3 atom stereocenters. The molecule has 0 unspecified atom stereocenters. The van der Waals surface area contributed by atoms with Crippen molar-refractivity contribution in [2.45, 2.75) is 58.7 Å². The molecule has 0 radical (unpaired) electrons. The van der Waals surface area contributed by atoms with E-state index in [2.05, 4.69) is 0 Å². The summed E-state index contributed by atoms with van der Waals surface area (Å²) in [5.74, 6) is -1.71. The Balaban J connectivity index is 2.08. The van der Waals surface area contributed by atoms with Crippen molar-refractivity contribution in [3.05, 3.63) is 22.3 Å². The number of esters is 3. The zero-order valence-corrected chi connectivity index (χ0v) is 14.0. The Bertz CT molecular complexity index is 656. The summed E-state index contributed by atoms with van der Waals surface area (Å²) >= 11 is 0. The highest BCUT2D eigenvalue weighted by Crippen LogP contribution is 2.43. The molecular formula is C18H22O6. The van der Waals surface area contributed by atoms with Crippen LogP contribution >= 0.6 is 0 Å². The van der Waals surface area contributed by atoms with E-state index in [9.17, 15) is 19.5 Å². The average molecular weight is 334 g/mol. The van der Waals surface area contributed by atoms with Crippen molar-refractivity contribution < 1.29 is 29.0 Å². The lowest BCUT2D eigenvalue weighted by Crippen LogP contribution is -2.22. The largest absolute Gasteiger partial charge is 0.428 e. The summed E-state index contributed by atoms with van der Waals surface area (Å²) in [5, 5.41) is 9.99. The van der Waals surface area contributed by atoms with E-state index in [-0.39, 0.29) is 18.3 Å². The first-order chi connectivity index (χ1) is 11.5. The quantitative estimate of drug-likeness (QED) is 0.628. The fourth-order valence-corrected chi connectivity index (χ4v) is 4.08. The number of cyclic esters (lactones) is 3. The van der Waals surface area contributed by atoms with E-state index in [1.54, 1.807) is 0 Å². The first kappa shape index (κ1) is 16.9. The SMILES string of the molecule is CCC[C@H]1C2=C(CCC3=C(C[C@H]1CC)C(=O)O[C@@H]3O)C(=O)OC2=O. The summed E-state index contributed by atoms with van der Waals surface area (Å²) in [6.45, 7) is 4.03. The van der Waals surface area contributed by atoms with E-state index < -0.39 is 24.2 Å². The van der Waals surface area contributed by atoms with Gasteiger partial charge in [-0.3, -0.25) is 0 Å². The number of hydrogen-bond acceptors (Lipinski definition) is 6. The average Bonchev–Trinajstić information content (AvgIpc) is 2.98.